The third kappa shape index (κ3) is 2.65. The number of ether oxygens (including phenoxy) is 1. The van der Waals surface area contributed by atoms with Gasteiger partial charge in [-0.2, -0.15) is 0 Å². The van der Waals surface area contributed by atoms with Crippen LogP contribution in [0.2, 0.25) is 0 Å². The van der Waals surface area contributed by atoms with Crippen LogP contribution in [0.15, 0.2) is 16.7 Å². The Morgan fingerprint density at radius 2 is 2.15 bits per heavy atom. The lowest BCUT2D eigenvalue weighted by Crippen LogP contribution is -2.46. The Balaban J connectivity index is 1.76. The summed E-state index contributed by atoms with van der Waals surface area (Å²) in [4.78, 5) is 0. The van der Waals surface area contributed by atoms with E-state index in [0.29, 0.717) is 5.92 Å². The fraction of sp³-hybridized carbons (Fsp3) is 0.750. The number of hydrogen-bond acceptors (Lipinski definition) is 4. The number of hydrazine groups is 1. The van der Waals surface area contributed by atoms with Gasteiger partial charge in [-0.25, -0.2) is 5.43 Å². The van der Waals surface area contributed by atoms with Crippen LogP contribution in [0.1, 0.15) is 62.3 Å². The molecule has 3 rings (SSSR count). The molecule has 2 unspecified atom stereocenters. The molecule has 1 saturated heterocycles. The summed E-state index contributed by atoms with van der Waals surface area (Å²) in [5, 5.41) is 0. The molecule has 112 valence electrons. The Morgan fingerprint density at radius 3 is 2.80 bits per heavy atom. The van der Waals surface area contributed by atoms with E-state index in [0.717, 1.165) is 25.2 Å². The van der Waals surface area contributed by atoms with E-state index in [2.05, 4.69) is 12.3 Å². The van der Waals surface area contributed by atoms with Crippen LogP contribution in [-0.2, 0) is 4.74 Å². The van der Waals surface area contributed by atoms with Crippen molar-refractivity contribution < 1.29 is 9.15 Å². The number of furan rings is 1. The van der Waals surface area contributed by atoms with Crippen molar-refractivity contribution in [1.82, 2.24) is 5.43 Å². The lowest BCUT2D eigenvalue weighted by atomic mass is 9.73. The number of hydrogen-bond donors (Lipinski definition) is 2. The van der Waals surface area contributed by atoms with Gasteiger partial charge in [-0.3, -0.25) is 5.84 Å². The SMILES string of the molecule is Cc1ccoc1C(NN)C1CCOC2(CCCCC2)C1. The Labute approximate surface area is 121 Å². The first-order chi connectivity index (χ1) is 9.74. The van der Waals surface area contributed by atoms with Crippen LogP contribution < -0.4 is 11.3 Å². The number of aryl methyl sites for hydroxylation is 1. The van der Waals surface area contributed by atoms with Crippen LogP contribution in [0, 0.1) is 12.8 Å². The van der Waals surface area contributed by atoms with E-state index in [1.165, 1.54) is 37.7 Å². The van der Waals surface area contributed by atoms with Gasteiger partial charge in [-0.1, -0.05) is 19.3 Å². The van der Waals surface area contributed by atoms with Gasteiger partial charge in [0, 0.05) is 6.61 Å². The molecule has 1 spiro atoms. The van der Waals surface area contributed by atoms with Crippen molar-refractivity contribution in [3.63, 3.8) is 0 Å². The Kier molecular flexibility index (Phi) is 4.15. The molecule has 1 aliphatic heterocycles. The summed E-state index contributed by atoms with van der Waals surface area (Å²) in [6, 6.07) is 2.11. The maximum Gasteiger partial charge on any atom is 0.125 e. The fourth-order valence-electron chi connectivity index (χ4n) is 4.02. The molecule has 1 aromatic rings. The average Bonchev–Trinajstić information content (AvgIpc) is 2.87. The fourth-order valence-corrected chi connectivity index (χ4v) is 4.02. The van der Waals surface area contributed by atoms with Crippen molar-refractivity contribution in [2.75, 3.05) is 6.61 Å². The third-order valence-electron chi connectivity index (χ3n) is 5.13. The molecule has 2 fully saturated rings. The first-order valence-corrected chi connectivity index (χ1v) is 7.88. The molecule has 4 nitrogen and oxygen atoms in total. The normalized spacial score (nSPS) is 27.6. The van der Waals surface area contributed by atoms with Gasteiger partial charge in [-0.05, 0) is 50.2 Å². The predicted molar refractivity (Wildman–Crippen MR) is 78.0 cm³/mol. The topological polar surface area (TPSA) is 60.4 Å². The van der Waals surface area contributed by atoms with Gasteiger partial charge < -0.3 is 9.15 Å². The number of nitrogens with two attached hydrogens (primary N) is 1. The summed E-state index contributed by atoms with van der Waals surface area (Å²) >= 11 is 0. The average molecular weight is 278 g/mol. The number of rotatable bonds is 3. The Hall–Kier alpha value is -0.840. The van der Waals surface area contributed by atoms with Crippen LogP contribution in [0.25, 0.3) is 0 Å². The van der Waals surface area contributed by atoms with E-state index in [1.54, 1.807) is 6.26 Å². The van der Waals surface area contributed by atoms with Crippen molar-refractivity contribution in [1.29, 1.82) is 0 Å². The second-order valence-electron chi connectivity index (χ2n) is 6.46. The summed E-state index contributed by atoms with van der Waals surface area (Å²) in [6.07, 6.45) is 10.3. The van der Waals surface area contributed by atoms with Crippen molar-refractivity contribution >= 4 is 0 Å². The van der Waals surface area contributed by atoms with Crippen LogP contribution in [0.4, 0.5) is 0 Å². The minimum absolute atomic E-state index is 0.104. The second kappa shape index (κ2) is 5.88. The maximum absolute atomic E-state index is 6.18. The second-order valence-corrected chi connectivity index (χ2v) is 6.46. The molecule has 1 aromatic heterocycles. The molecule has 0 aromatic carbocycles. The lowest BCUT2D eigenvalue weighted by molar-refractivity contribution is -0.122. The van der Waals surface area contributed by atoms with Crippen LogP contribution in [-0.4, -0.2) is 12.2 Å². The molecule has 1 saturated carbocycles. The van der Waals surface area contributed by atoms with Crippen molar-refractivity contribution in [3.05, 3.63) is 23.7 Å². The Bertz CT molecular complexity index is 432. The summed E-state index contributed by atoms with van der Waals surface area (Å²) in [5.41, 5.74) is 4.27. The van der Waals surface area contributed by atoms with E-state index in [-0.39, 0.29) is 11.6 Å². The minimum Gasteiger partial charge on any atom is -0.467 e. The largest absolute Gasteiger partial charge is 0.467 e. The molecule has 0 bridgehead atoms. The van der Waals surface area contributed by atoms with Gasteiger partial charge in [0.1, 0.15) is 5.76 Å². The first-order valence-electron chi connectivity index (χ1n) is 7.88. The van der Waals surface area contributed by atoms with Crippen LogP contribution in [0.5, 0.6) is 0 Å². The van der Waals surface area contributed by atoms with Gasteiger partial charge in [0.25, 0.3) is 0 Å². The summed E-state index contributed by atoms with van der Waals surface area (Å²) < 4.78 is 11.8. The quantitative estimate of drug-likeness (QED) is 0.658. The van der Waals surface area contributed by atoms with Crippen molar-refractivity contribution in [3.8, 4) is 0 Å². The minimum atomic E-state index is 0.104. The molecular formula is C16H26N2O2. The van der Waals surface area contributed by atoms with E-state index in [1.807, 2.05) is 6.07 Å². The zero-order valence-corrected chi connectivity index (χ0v) is 12.4. The molecule has 2 aliphatic rings. The summed E-state index contributed by atoms with van der Waals surface area (Å²) in [6.45, 7) is 2.93. The molecule has 3 N–H and O–H groups in total. The zero-order valence-electron chi connectivity index (χ0n) is 12.4. The molecule has 20 heavy (non-hydrogen) atoms. The smallest absolute Gasteiger partial charge is 0.125 e. The highest BCUT2D eigenvalue weighted by Crippen LogP contribution is 2.44. The Morgan fingerprint density at radius 1 is 1.35 bits per heavy atom. The van der Waals surface area contributed by atoms with E-state index >= 15 is 0 Å². The molecule has 4 heteroatoms. The molecular weight excluding hydrogens is 252 g/mol. The number of nitrogens with one attached hydrogen (secondary N) is 1. The first kappa shape index (κ1) is 14.1. The summed E-state index contributed by atoms with van der Waals surface area (Å²) in [7, 11) is 0. The van der Waals surface area contributed by atoms with Gasteiger partial charge in [-0.15, -0.1) is 0 Å². The molecule has 0 amide bonds. The van der Waals surface area contributed by atoms with E-state index in [9.17, 15) is 0 Å². The van der Waals surface area contributed by atoms with Gasteiger partial charge in [0.05, 0.1) is 17.9 Å². The van der Waals surface area contributed by atoms with E-state index < -0.39 is 0 Å². The molecule has 0 radical (unpaired) electrons. The highest BCUT2D eigenvalue weighted by atomic mass is 16.5. The molecule has 2 atom stereocenters. The van der Waals surface area contributed by atoms with Crippen molar-refractivity contribution in [2.24, 2.45) is 11.8 Å². The molecule has 2 heterocycles. The van der Waals surface area contributed by atoms with Crippen LogP contribution >= 0.6 is 0 Å². The summed E-state index contributed by atoms with van der Waals surface area (Å²) in [5.74, 6) is 7.32. The van der Waals surface area contributed by atoms with E-state index in [4.69, 9.17) is 15.0 Å². The maximum atomic E-state index is 6.18. The van der Waals surface area contributed by atoms with Gasteiger partial charge in [0.15, 0.2) is 0 Å². The highest BCUT2D eigenvalue weighted by Gasteiger charge is 2.41. The van der Waals surface area contributed by atoms with Gasteiger partial charge >= 0.3 is 0 Å². The highest BCUT2D eigenvalue weighted by molar-refractivity contribution is 5.19. The standard InChI is InChI=1S/C16H26N2O2/c1-12-5-9-19-15(12)14(18-17)13-6-10-20-16(11-13)7-3-2-4-8-16/h5,9,13-14,18H,2-4,6-8,10-11,17H2,1H3. The third-order valence-corrected chi connectivity index (χ3v) is 5.13. The van der Waals surface area contributed by atoms with Gasteiger partial charge in [0.2, 0.25) is 0 Å². The van der Waals surface area contributed by atoms with Crippen LogP contribution in [0.3, 0.4) is 0 Å². The van der Waals surface area contributed by atoms with Crippen molar-refractivity contribution in [2.45, 2.75) is 63.5 Å². The lowest BCUT2D eigenvalue weighted by Gasteiger charge is -2.45. The zero-order chi connectivity index (χ0) is 14.0. The monoisotopic (exact) mass is 278 g/mol. The predicted octanol–water partition coefficient (Wildman–Crippen LogP) is 3.22. The molecule has 1 aliphatic carbocycles.